The quantitative estimate of drug-likeness (QED) is 0.309. The molecule has 11 nitrogen and oxygen atoms in total. The summed E-state index contributed by atoms with van der Waals surface area (Å²) in [7, 11) is -0.719. The minimum atomic E-state index is -3.63. The zero-order valence-corrected chi connectivity index (χ0v) is 25.2. The molecule has 232 valence electrons. The van der Waals surface area contributed by atoms with Crippen molar-refractivity contribution in [2.45, 2.75) is 48.6 Å². The third kappa shape index (κ3) is 4.86. The first kappa shape index (κ1) is 28.6. The summed E-state index contributed by atoms with van der Waals surface area (Å²) in [6.45, 7) is 0.275. The molecule has 0 bridgehead atoms. The Morgan fingerprint density at radius 2 is 1.52 bits per heavy atom. The van der Waals surface area contributed by atoms with Crippen LogP contribution >= 0.6 is 0 Å². The SMILES string of the molecule is COc1cc([C@@H]2c3cc4c(cc3[C@@H](Nc3ccc(S(=O)(=O)NC5CCCC5)cc3)[C@H]3COC(=O)[C@H]23)OCO4)cc(OC)c1O. The third-order valence-electron chi connectivity index (χ3n) is 9.21. The van der Waals surface area contributed by atoms with Crippen LogP contribution in [0.3, 0.4) is 0 Å². The molecule has 1 saturated heterocycles. The first-order valence-corrected chi connectivity index (χ1v) is 16.2. The van der Waals surface area contributed by atoms with Gasteiger partial charge >= 0.3 is 5.97 Å². The summed E-state index contributed by atoms with van der Waals surface area (Å²) in [4.78, 5) is 13.6. The fourth-order valence-electron chi connectivity index (χ4n) is 7.08. The van der Waals surface area contributed by atoms with E-state index in [0.29, 0.717) is 22.7 Å². The first-order valence-electron chi connectivity index (χ1n) is 14.7. The Kier molecular flexibility index (Phi) is 7.20. The van der Waals surface area contributed by atoms with Crippen molar-refractivity contribution in [1.82, 2.24) is 4.72 Å². The number of methoxy groups -OCH3 is 2. The molecule has 3 N–H and O–H groups in total. The molecule has 0 radical (unpaired) electrons. The van der Waals surface area contributed by atoms with Crippen LogP contribution in [0.25, 0.3) is 0 Å². The Morgan fingerprint density at radius 3 is 2.16 bits per heavy atom. The molecular formula is C32H34N2O9S. The number of nitrogens with one attached hydrogen (secondary N) is 2. The number of cyclic esters (lactones) is 1. The van der Waals surface area contributed by atoms with Crippen LogP contribution in [0.2, 0.25) is 0 Å². The van der Waals surface area contributed by atoms with Crippen LogP contribution in [-0.4, -0.2) is 53.2 Å². The molecule has 0 aromatic heterocycles. The molecule has 4 aliphatic rings. The average Bonchev–Trinajstić information content (AvgIpc) is 3.79. The van der Waals surface area contributed by atoms with E-state index in [0.717, 1.165) is 36.8 Å². The molecule has 2 heterocycles. The molecule has 12 heteroatoms. The van der Waals surface area contributed by atoms with Gasteiger partial charge in [-0.25, -0.2) is 13.1 Å². The van der Waals surface area contributed by atoms with Gasteiger partial charge in [-0.05, 0) is 78.1 Å². The number of esters is 1. The van der Waals surface area contributed by atoms with Gasteiger partial charge in [0.05, 0.1) is 37.7 Å². The van der Waals surface area contributed by atoms with E-state index < -0.39 is 21.9 Å². The van der Waals surface area contributed by atoms with Gasteiger partial charge in [0.1, 0.15) is 0 Å². The molecule has 0 amide bonds. The molecule has 1 saturated carbocycles. The Balaban J connectivity index is 1.28. The Bertz CT molecular complexity index is 1680. The number of ether oxygens (including phenoxy) is 5. The standard InChI is InChI=1S/C32H34N2O9S/c1-39-26-11-17(12-27(40-2)31(26)35)28-21-13-24-25(43-16-42-24)14-22(21)30(23-15-41-32(36)29(23)28)33-18-7-9-20(10-8-18)44(37,38)34-19-5-3-4-6-19/h7-14,19,23,28-30,33-35H,3-6,15-16H2,1-2H3/t23-,28+,29-,30+/m0/s1. The number of anilines is 1. The summed E-state index contributed by atoms with van der Waals surface area (Å²) in [5.41, 5.74) is 3.14. The monoisotopic (exact) mass is 622 g/mol. The van der Waals surface area contributed by atoms with Gasteiger partial charge in [-0.3, -0.25) is 4.79 Å². The Labute approximate surface area is 255 Å². The second-order valence-electron chi connectivity index (χ2n) is 11.7. The van der Waals surface area contributed by atoms with Crippen molar-refractivity contribution >= 4 is 21.7 Å². The normalized spacial score (nSPS) is 24.0. The van der Waals surface area contributed by atoms with Gasteiger partial charge in [0.15, 0.2) is 23.0 Å². The van der Waals surface area contributed by atoms with Crippen LogP contribution in [0.5, 0.6) is 28.7 Å². The zero-order chi connectivity index (χ0) is 30.6. The highest BCUT2D eigenvalue weighted by molar-refractivity contribution is 7.89. The number of fused-ring (bicyclic) bond motifs is 3. The van der Waals surface area contributed by atoms with Crippen LogP contribution < -0.4 is 29.0 Å². The zero-order valence-electron chi connectivity index (χ0n) is 24.4. The topological polar surface area (TPSA) is 142 Å². The van der Waals surface area contributed by atoms with Crippen LogP contribution in [0.4, 0.5) is 5.69 Å². The van der Waals surface area contributed by atoms with E-state index >= 15 is 0 Å². The fourth-order valence-corrected chi connectivity index (χ4v) is 8.39. The van der Waals surface area contributed by atoms with Crippen molar-refractivity contribution in [2.24, 2.45) is 11.8 Å². The van der Waals surface area contributed by atoms with E-state index in [1.54, 1.807) is 36.4 Å². The molecule has 44 heavy (non-hydrogen) atoms. The lowest BCUT2D eigenvalue weighted by atomic mass is 9.65. The lowest BCUT2D eigenvalue weighted by Gasteiger charge is -2.40. The molecule has 2 aliphatic heterocycles. The summed E-state index contributed by atoms with van der Waals surface area (Å²) >= 11 is 0. The van der Waals surface area contributed by atoms with E-state index in [4.69, 9.17) is 23.7 Å². The van der Waals surface area contributed by atoms with Crippen molar-refractivity contribution in [3.05, 3.63) is 65.2 Å². The van der Waals surface area contributed by atoms with E-state index in [2.05, 4.69) is 10.0 Å². The summed E-state index contributed by atoms with van der Waals surface area (Å²) in [6, 6.07) is 13.5. The molecule has 0 unspecified atom stereocenters. The minimum Gasteiger partial charge on any atom is -0.502 e. The van der Waals surface area contributed by atoms with E-state index in [-0.39, 0.29) is 59.5 Å². The number of rotatable bonds is 8. The lowest BCUT2D eigenvalue weighted by molar-refractivity contribution is -0.141. The van der Waals surface area contributed by atoms with Crippen LogP contribution in [0.15, 0.2) is 53.4 Å². The Morgan fingerprint density at radius 1 is 0.886 bits per heavy atom. The highest BCUT2D eigenvalue weighted by atomic mass is 32.2. The lowest BCUT2D eigenvalue weighted by Crippen LogP contribution is -2.37. The molecule has 0 spiro atoms. The van der Waals surface area contributed by atoms with Crippen molar-refractivity contribution in [2.75, 3.05) is 32.9 Å². The van der Waals surface area contributed by atoms with Crippen LogP contribution in [0.1, 0.15) is 54.3 Å². The number of carbonyl (C=O) groups excluding carboxylic acids is 1. The smallest absolute Gasteiger partial charge is 0.310 e. The van der Waals surface area contributed by atoms with Gasteiger partial charge in [-0.2, -0.15) is 0 Å². The van der Waals surface area contributed by atoms with Gasteiger partial charge in [0.25, 0.3) is 0 Å². The van der Waals surface area contributed by atoms with Gasteiger partial charge in [-0.1, -0.05) is 12.8 Å². The number of hydrogen-bond donors (Lipinski definition) is 3. The first-order chi connectivity index (χ1) is 21.3. The number of benzene rings is 3. The van der Waals surface area contributed by atoms with Crippen LogP contribution in [-0.2, 0) is 19.6 Å². The summed E-state index contributed by atoms with van der Waals surface area (Å²) in [6.07, 6.45) is 3.77. The van der Waals surface area contributed by atoms with Gasteiger partial charge in [0.2, 0.25) is 22.6 Å². The van der Waals surface area contributed by atoms with Gasteiger partial charge in [-0.15, -0.1) is 0 Å². The third-order valence-corrected chi connectivity index (χ3v) is 10.7. The second-order valence-corrected chi connectivity index (χ2v) is 13.4. The summed E-state index contributed by atoms with van der Waals surface area (Å²) in [5, 5.41) is 14.2. The fraction of sp³-hybridized carbons (Fsp3) is 0.406. The molecule has 2 aliphatic carbocycles. The Hall–Kier alpha value is -4.16. The highest BCUT2D eigenvalue weighted by Crippen LogP contribution is 2.56. The maximum Gasteiger partial charge on any atom is 0.310 e. The number of carbonyl (C=O) groups is 1. The summed E-state index contributed by atoms with van der Waals surface area (Å²) in [5.74, 6) is -0.166. The van der Waals surface area contributed by atoms with E-state index in [1.807, 2.05) is 12.1 Å². The minimum absolute atomic E-state index is 0.0252. The van der Waals surface area contributed by atoms with Crippen molar-refractivity contribution in [3.8, 4) is 28.7 Å². The van der Waals surface area contributed by atoms with Crippen molar-refractivity contribution in [1.29, 1.82) is 0 Å². The van der Waals surface area contributed by atoms with Gasteiger partial charge in [0, 0.05) is 23.6 Å². The largest absolute Gasteiger partial charge is 0.502 e. The van der Waals surface area contributed by atoms with E-state index in [1.165, 1.54) is 14.2 Å². The molecule has 3 aromatic carbocycles. The maximum absolute atomic E-state index is 13.4. The maximum atomic E-state index is 13.4. The predicted molar refractivity (Wildman–Crippen MR) is 159 cm³/mol. The van der Waals surface area contributed by atoms with Gasteiger partial charge < -0.3 is 34.1 Å². The number of hydrogen-bond acceptors (Lipinski definition) is 10. The number of phenolic OH excluding ortho intramolecular Hbond substituents is 1. The highest BCUT2D eigenvalue weighted by Gasteiger charge is 2.52. The van der Waals surface area contributed by atoms with Crippen molar-refractivity contribution < 1.29 is 42.0 Å². The second kappa shape index (κ2) is 11.1. The summed E-state index contributed by atoms with van der Waals surface area (Å²) < 4.78 is 56.8. The molecule has 4 atom stereocenters. The number of aromatic hydroxyl groups is 1. The van der Waals surface area contributed by atoms with E-state index in [9.17, 15) is 18.3 Å². The van der Waals surface area contributed by atoms with Crippen molar-refractivity contribution in [3.63, 3.8) is 0 Å². The molecule has 3 aromatic rings. The molecular weight excluding hydrogens is 588 g/mol. The average molecular weight is 623 g/mol. The number of phenols is 1. The molecule has 2 fully saturated rings. The van der Waals surface area contributed by atoms with Crippen LogP contribution in [0, 0.1) is 11.8 Å². The molecule has 7 rings (SSSR count). The predicted octanol–water partition coefficient (Wildman–Crippen LogP) is 4.45. The number of sulfonamides is 1.